The fourth-order valence-electron chi connectivity index (χ4n) is 3.09. The Morgan fingerprint density at radius 2 is 2.11 bits per heavy atom. The van der Waals surface area contributed by atoms with E-state index < -0.39 is 0 Å². The van der Waals surface area contributed by atoms with Crippen LogP contribution < -0.4 is 20.1 Å². The van der Waals surface area contributed by atoms with E-state index in [1.165, 1.54) is 0 Å². The second-order valence-electron chi connectivity index (χ2n) is 6.93. The van der Waals surface area contributed by atoms with Gasteiger partial charge in [0.15, 0.2) is 17.5 Å². The highest BCUT2D eigenvalue weighted by molar-refractivity contribution is 5.79. The van der Waals surface area contributed by atoms with Gasteiger partial charge in [0.25, 0.3) is 0 Å². The number of hydrogen-bond acceptors (Lipinski definition) is 5. The first-order chi connectivity index (χ1) is 13.1. The zero-order chi connectivity index (χ0) is 19.5. The lowest BCUT2D eigenvalue weighted by Gasteiger charge is -2.25. The van der Waals surface area contributed by atoms with Gasteiger partial charge in [-0.25, -0.2) is 0 Å². The molecule has 1 saturated heterocycles. The van der Waals surface area contributed by atoms with Crippen molar-refractivity contribution < 1.29 is 19.3 Å². The monoisotopic (exact) mass is 379 g/mol. The van der Waals surface area contributed by atoms with E-state index in [9.17, 15) is 5.11 Å². The summed E-state index contributed by atoms with van der Waals surface area (Å²) >= 11 is 0. The van der Waals surface area contributed by atoms with Crippen LogP contribution in [0.5, 0.6) is 11.5 Å². The number of rotatable bonds is 10. The quantitative estimate of drug-likeness (QED) is 0.425. The molecule has 0 radical (unpaired) electrons. The third kappa shape index (κ3) is 6.59. The number of hydrogen-bond donors (Lipinski definition) is 3. The van der Waals surface area contributed by atoms with Crippen LogP contribution in [0.1, 0.15) is 26.7 Å². The van der Waals surface area contributed by atoms with E-state index in [0.717, 1.165) is 37.0 Å². The van der Waals surface area contributed by atoms with Gasteiger partial charge in [0, 0.05) is 25.2 Å². The molecule has 0 aliphatic carbocycles. The molecule has 1 aromatic carbocycles. The molecule has 7 heteroatoms. The summed E-state index contributed by atoms with van der Waals surface area (Å²) in [6.45, 7) is 7.60. The van der Waals surface area contributed by atoms with E-state index in [1.807, 2.05) is 38.1 Å². The number of ether oxygens (including phenoxy) is 3. The van der Waals surface area contributed by atoms with Crippen LogP contribution in [0.25, 0.3) is 0 Å². The summed E-state index contributed by atoms with van der Waals surface area (Å²) in [6.07, 6.45) is 1.58. The molecule has 1 aliphatic rings. The molecular weight excluding hydrogens is 346 g/mol. The molecule has 1 aromatic rings. The summed E-state index contributed by atoms with van der Waals surface area (Å²) < 4.78 is 16.8. The second kappa shape index (κ2) is 11.0. The van der Waals surface area contributed by atoms with Crippen LogP contribution in [0, 0.1) is 5.41 Å². The standard InChI is InChI=1S/C20H33N3O4/c1-4-21-19(23-14-20(9-11-24)10-12-26-15-20)22-13-16(2)27-18-8-6-5-7-17(18)25-3/h5-8,16,24H,4,9-15H2,1-3H3,(H2,21,22,23). The van der Waals surface area contributed by atoms with Gasteiger partial charge < -0.3 is 30.0 Å². The van der Waals surface area contributed by atoms with Crippen LogP contribution in [0.15, 0.2) is 29.3 Å². The zero-order valence-electron chi connectivity index (χ0n) is 16.7. The highest BCUT2D eigenvalue weighted by Crippen LogP contribution is 2.32. The molecule has 3 N–H and O–H groups in total. The molecule has 1 heterocycles. The van der Waals surface area contributed by atoms with Gasteiger partial charge in [-0.3, -0.25) is 4.99 Å². The fraction of sp³-hybridized carbons (Fsp3) is 0.650. The smallest absolute Gasteiger partial charge is 0.191 e. The number of aliphatic hydroxyl groups is 1. The Balaban J connectivity index is 1.91. The largest absolute Gasteiger partial charge is 0.493 e. The van der Waals surface area contributed by atoms with Crippen LogP contribution in [0.3, 0.4) is 0 Å². The fourth-order valence-corrected chi connectivity index (χ4v) is 3.09. The van der Waals surface area contributed by atoms with Gasteiger partial charge in [-0.15, -0.1) is 0 Å². The molecule has 0 amide bonds. The van der Waals surface area contributed by atoms with Crippen LogP contribution in [-0.2, 0) is 4.74 Å². The van der Waals surface area contributed by atoms with Crippen molar-refractivity contribution in [3.05, 3.63) is 24.3 Å². The van der Waals surface area contributed by atoms with Gasteiger partial charge in [-0.05, 0) is 38.8 Å². The van der Waals surface area contributed by atoms with Crippen LogP contribution in [0.4, 0.5) is 0 Å². The highest BCUT2D eigenvalue weighted by atomic mass is 16.5. The number of guanidine groups is 1. The van der Waals surface area contributed by atoms with Crippen molar-refractivity contribution >= 4 is 5.96 Å². The first-order valence-electron chi connectivity index (χ1n) is 9.63. The zero-order valence-corrected chi connectivity index (χ0v) is 16.7. The minimum absolute atomic E-state index is 0.0589. The van der Waals surface area contributed by atoms with Crippen molar-refractivity contribution in [2.45, 2.75) is 32.8 Å². The van der Waals surface area contributed by atoms with Crippen molar-refractivity contribution in [1.82, 2.24) is 10.6 Å². The average Bonchev–Trinajstić information content (AvgIpc) is 3.13. The molecule has 2 rings (SSSR count). The van der Waals surface area contributed by atoms with Gasteiger partial charge in [-0.2, -0.15) is 0 Å². The molecule has 1 aliphatic heterocycles. The summed E-state index contributed by atoms with van der Waals surface area (Å²) in [5.41, 5.74) is -0.0589. The Labute approximate surface area is 162 Å². The van der Waals surface area contributed by atoms with Crippen molar-refractivity contribution in [2.24, 2.45) is 10.4 Å². The van der Waals surface area contributed by atoms with E-state index in [1.54, 1.807) is 7.11 Å². The van der Waals surface area contributed by atoms with Gasteiger partial charge in [-0.1, -0.05) is 12.1 Å². The van der Waals surface area contributed by atoms with E-state index in [4.69, 9.17) is 19.2 Å². The minimum atomic E-state index is -0.0635. The van der Waals surface area contributed by atoms with Crippen LogP contribution in [0.2, 0.25) is 0 Å². The molecule has 0 saturated carbocycles. The number of para-hydroxylation sites is 2. The number of nitrogens with zero attached hydrogens (tertiary/aromatic N) is 1. The lowest BCUT2D eigenvalue weighted by molar-refractivity contribution is 0.131. The second-order valence-corrected chi connectivity index (χ2v) is 6.93. The third-order valence-corrected chi connectivity index (χ3v) is 4.70. The van der Waals surface area contributed by atoms with E-state index in [0.29, 0.717) is 26.1 Å². The van der Waals surface area contributed by atoms with E-state index in [2.05, 4.69) is 10.6 Å². The van der Waals surface area contributed by atoms with Crippen molar-refractivity contribution in [3.8, 4) is 11.5 Å². The molecule has 2 unspecified atom stereocenters. The summed E-state index contributed by atoms with van der Waals surface area (Å²) in [5, 5.41) is 16.0. The maximum atomic E-state index is 9.36. The molecule has 27 heavy (non-hydrogen) atoms. The Morgan fingerprint density at radius 1 is 1.33 bits per heavy atom. The summed E-state index contributed by atoms with van der Waals surface area (Å²) in [6, 6.07) is 7.62. The first-order valence-corrected chi connectivity index (χ1v) is 9.63. The van der Waals surface area contributed by atoms with Crippen LogP contribution in [-0.4, -0.2) is 63.7 Å². The SMILES string of the molecule is CCNC(=NCC1(CCO)CCOC1)NCC(C)Oc1ccccc1OC. The average molecular weight is 380 g/mol. The number of aliphatic imine (C=N–C) groups is 1. The molecular formula is C20H33N3O4. The lowest BCUT2D eigenvalue weighted by atomic mass is 9.84. The number of methoxy groups -OCH3 is 1. The predicted octanol–water partition coefficient (Wildman–Crippen LogP) is 1.81. The highest BCUT2D eigenvalue weighted by Gasteiger charge is 2.34. The molecule has 0 spiro atoms. The molecule has 1 fully saturated rings. The molecule has 152 valence electrons. The number of aliphatic hydroxyl groups excluding tert-OH is 1. The minimum Gasteiger partial charge on any atom is -0.493 e. The molecule has 0 bridgehead atoms. The predicted molar refractivity (Wildman–Crippen MR) is 107 cm³/mol. The number of nitrogens with one attached hydrogen (secondary N) is 2. The van der Waals surface area contributed by atoms with Gasteiger partial charge in [0.2, 0.25) is 0 Å². The van der Waals surface area contributed by atoms with Gasteiger partial charge in [0.05, 0.1) is 26.8 Å². The Bertz CT molecular complexity index is 588. The van der Waals surface area contributed by atoms with E-state index >= 15 is 0 Å². The molecule has 2 atom stereocenters. The van der Waals surface area contributed by atoms with Crippen molar-refractivity contribution in [1.29, 1.82) is 0 Å². The summed E-state index contributed by atoms with van der Waals surface area (Å²) in [5.74, 6) is 2.19. The maximum Gasteiger partial charge on any atom is 0.191 e. The van der Waals surface area contributed by atoms with E-state index in [-0.39, 0.29) is 18.1 Å². The maximum absolute atomic E-state index is 9.36. The Kier molecular flexibility index (Phi) is 8.67. The summed E-state index contributed by atoms with van der Waals surface area (Å²) in [4.78, 5) is 4.72. The lowest BCUT2D eigenvalue weighted by Crippen LogP contribution is -2.42. The Hall–Kier alpha value is -1.99. The molecule has 0 aromatic heterocycles. The third-order valence-electron chi connectivity index (χ3n) is 4.70. The topological polar surface area (TPSA) is 84.3 Å². The summed E-state index contributed by atoms with van der Waals surface area (Å²) in [7, 11) is 1.63. The van der Waals surface area contributed by atoms with Crippen molar-refractivity contribution in [3.63, 3.8) is 0 Å². The Morgan fingerprint density at radius 3 is 2.74 bits per heavy atom. The first kappa shape index (κ1) is 21.3. The van der Waals surface area contributed by atoms with Gasteiger partial charge >= 0.3 is 0 Å². The molecule has 7 nitrogen and oxygen atoms in total. The van der Waals surface area contributed by atoms with Crippen molar-refractivity contribution in [2.75, 3.05) is 46.6 Å². The number of benzene rings is 1. The van der Waals surface area contributed by atoms with Gasteiger partial charge in [0.1, 0.15) is 6.10 Å². The van der Waals surface area contributed by atoms with Crippen LogP contribution >= 0.6 is 0 Å². The normalized spacial score (nSPS) is 21.0.